The fraction of sp³-hybridized carbons (Fsp3) is 0.333. The van der Waals surface area contributed by atoms with Crippen molar-refractivity contribution in [1.82, 2.24) is 18.8 Å². The van der Waals surface area contributed by atoms with E-state index in [0.29, 0.717) is 32.0 Å². The molecule has 0 atom stereocenters. The van der Waals surface area contributed by atoms with Crippen LogP contribution in [0.1, 0.15) is 5.82 Å². The van der Waals surface area contributed by atoms with Crippen molar-refractivity contribution < 1.29 is 17.9 Å². The van der Waals surface area contributed by atoms with Gasteiger partial charge in [0.15, 0.2) is 0 Å². The number of ether oxygens (including phenoxy) is 1. The molecular formula is C21H24N4O4S. The first-order chi connectivity index (χ1) is 14.4. The van der Waals surface area contributed by atoms with E-state index in [1.54, 1.807) is 4.90 Å². The summed E-state index contributed by atoms with van der Waals surface area (Å²) >= 11 is 0. The third kappa shape index (κ3) is 4.47. The van der Waals surface area contributed by atoms with E-state index in [1.807, 2.05) is 59.2 Å². The van der Waals surface area contributed by atoms with Gasteiger partial charge in [-0.05, 0) is 24.3 Å². The van der Waals surface area contributed by atoms with E-state index in [0.717, 1.165) is 16.8 Å². The molecule has 9 heteroatoms. The van der Waals surface area contributed by atoms with E-state index in [9.17, 15) is 13.2 Å². The van der Waals surface area contributed by atoms with E-state index in [2.05, 4.69) is 4.98 Å². The zero-order chi connectivity index (χ0) is 21.1. The number of hydrogen-bond donors (Lipinski definition) is 0. The van der Waals surface area contributed by atoms with Gasteiger partial charge in [0, 0.05) is 26.2 Å². The summed E-state index contributed by atoms with van der Waals surface area (Å²) in [5, 5.41) is 0. The molecule has 0 spiro atoms. The van der Waals surface area contributed by atoms with Gasteiger partial charge in [0.2, 0.25) is 15.9 Å². The Labute approximate surface area is 175 Å². The maximum Gasteiger partial charge on any atom is 0.242 e. The number of sulfonamides is 1. The van der Waals surface area contributed by atoms with E-state index in [-0.39, 0.29) is 19.1 Å². The number of para-hydroxylation sites is 3. The Hall–Kier alpha value is -2.91. The van der Waals surface area contributed by atoms with Gasteiger partial charge in [-0.1, -0.05) is 30.3 Å². The minimum atomic E-state index is -3.23. The number of benzene rings is 2. The molecule has 0 aliphatic carbocycles. The molecule has 1 saturated heterocycles. The van der Waals surface area contributed by atoms with Crippen LogP contribution >= 0.6 is 0 Å². The minimum absolute atomic E-state index is 0.0627. The molecule has 0 bridgehead atoms. The first-order valence-corrected chi connectivity index (χ1v) is 11.6. The van der Waals surface area contributed by atoms with Crippen molar-refractivity contribution in [3.05, 3.63) is 60.4 Å². The lowest BCUT2D eigenvalue weighted by atomic mass is 10.3. The summed E-state index contributed by atoms with van der Waals surface area (Å²) in [6, 6.07) is 17.1. The fourth-order valence-electron chi connectivity index (χ4n) is 3.58. The van der Waals surface area contributed by atoms with Crippen molar-refractivity contribution in [1.29, 1.82) is 0 Å². The highest BCUT2D eigenvalue weighted by atomic mass is 32.2. The van der Waals surface area contributed by atoms with Gasteiger partial charge in [0.05, 0.1) is 17.3 Å². The van der Waals surface area contributed by atoms with Gasteiger partial charge < -0.3 is 14.2 Å². The van der Waals surface area contributed by atoms with Crippen molar-refractivity contribution in [3.63, 3.8) is 0 Å². The number of carbonyl (C=O) groups excluding carboxylic acids is 1. The molecule has 0 saturated carbocycles. The van der Waals surface area contributed by atoms with E-state index >= 15 is 0 Å². The topological polar surface area (TPSA) is 84.7 Å². The van der Waals surface area contributed by atoms with Crippen molar-refractivity contribution in [2.75, 3.05) is 32.4 Å². The van der Waals surface area contributed by atoms with Crippen molar-refractivity contribution in [3.8, 4) is 5.75 Å². The summed E-state index contributed by atoms with van der Waals surface area (Å²) in [6.07, 6.45) is 1.20. The number of hydrogen-bond acceptors (Lipinski definition) is 5. The second-order valence-corrected chi connectivity index (χ2v) is 9.23. The Morgan fingerprint density at radius 3 is 2.37 bits per heavy atom. The molecule has 1 amide bonds. The lowest BCUT2D eigenvalue weighted by molar-refractivity contribution is -0.133. The summed E-state index contributed by atoms with van der Waals surface area (Å²) in [4.78, 5) is 19.3. The Morgan fingerprint density at radius 2 is 1.67 bits per heavy atom. The van der Waals surface area contributed by atoms with Crippen LogP contribution in [0, 0.1) is 0 Å². The number of nitrogens with zero attached hydrogens (tertiary/aromatic N) is 4. The Balaban J connectivity index is 1.51. The highest BCUT2D eigenvalue weighted by molar-refractivity contribution is 7.88. The van der Waals surface area contributed by atoms with E-state index in [1.165, 1.54) is 10.6 Å². The van der Waals surface area contributed by atoms with Crippen LogP contribution < -0.4 is 4.74 Å². The molecule has 0 unspecified atom stereocenters. The van der Waals surface area contributed by atoms with Crippen LogP contribution in [0.15, 0.2) is 54.6 Å². The summed E-state index contributed by atoms with van der Waals surface area (Å²) < 4.78 is 32.5. The van der Waals surface area contributed by atoms with Crippen LogP contribution in [0.4, 0.5) is 0 Å². The molecule has 8 nitrogen and oxygen atoms in total. The number of fused-ring (bicyclic) bond motifs is 1. The SMILES string of the molecule is CS(=O)(=O)N1CCN(C(=O)Cn2c(COc3ccccc3)nc3ccccc32)CC1. The number of carbonyl (C=O) groups is 1. The zero-order valence-corrected chi connectivity index (χ0v) is 17.6. The van der Waals surface area contributed by atoms with Gasteiger partial charge >= 0.3 is 0 Å². The van der Waals surface area contributed by atoms with Gasteiger partial charge in [-0.15, -0.1) is 0 Å². The molecule has 1 aromatic heterocycles. The molecule has 1 aliphatic heterocycles. The van der Waals surface area contributed by atoms with Gasteiger partial charge in [0.25, 0.3) is 0 Å². The second kappa shape index (κ2) is 8.45. The number of piperazine rings is 1. The number of rotatable bonds is 6. The monoisotopic (exact) mass is 428 g/mol. The number of amides is 1. The first-order valence-electron chi connectivity index (χ1n) is 9.77. The largest absolute Gasteiger partial charge is 0.486 e. The average molecular weight is 429 g/mol. The third-order valence-electron chi connectivity index (χ3n) is 5.20. The standard InChI is InChI=1S/C21H24N4O4S/c1-30(27,28)24-13-11-23(12-14-24)21(26)15-25-19-10-6-5-9-18(19)22-20(25)16-29-17-7-3-2-4-8-17/h2-10H,11-16H2,1H3. The molecule has 1 aliphatic rings. The zero-order valence-electron chi connectivity index (χ0n) is 16.8. The summed E-state index contributed by atoms with van der Waals surface area (Å²) in [6.45, 7) is 1.78. The Kier molecular flexibility index (Phi) is 5.74. The van der Waals surface area contributed by atoms with Crippen LogP contribution in [0.2, 0.25) is 0 Å². The number of imidazole rings is 1. The second-order valence-electron chi connectivity index (χ2n) is 7.25. The molecule has 2 heterocycles. The molecule has 3 aromatic rings. The van der Waals surface area contributed by atoms with Gasteiger partial charge in [-0.3, -0.25) is 4.79 Å². The van der Waals surface area contributed by atoms with Crippen LogP contribution in [0.5, 0.6) is 5.75 Å². The van der Waals surface area contributed by atoms with E-state index < -0.39 is 10.0 Å². The molecule has 158 valence electrons. The predicted molar refractivity (Wildman–Crippen MR) is 114 cm³/mol. The summed E-state index contributed by atoms with van der Waals surface area (Å²) in [7, 11) is -3.23. The quantitative estimate of drug-likeness (QED) is 0.597. The van der Waals surface area contributed by atoms with Crippen molar-refractivity contribution >= 4 is 27.0 Å². The summed E-state index contributed by atoms with van der Waals surface area (Å²) in [5.74, 6) is 1.34. The smallest absolute Gasteiger partial charge is 0.242 e. The van der Waals surface area contributed by atoms with Crippen LogP contribution in [0.25, 0.3) is 11.0 Å². The Bertz CT molecular complexity index is 1140. The maximum absolute atomic E-state index is 13.0. The highest BCUT2D eigenvalue weighted by Crippen LogP contribution is 2.19. The number of aromatic nitrogens is 2. The van der Waals surface area contributed by atoms with Crippen molar-refractivity contribution in [2.24, 2.45) is 0 Å². The van der Waals surface area contributed by atoms with Gasteiger partial charge in [-0.25, -0.2) is 13.4 Å². The molecule has 30 heavy (non-hydrogen) atoms. The molecule has 2 aromatic carbocycles. The molecule has 0 N–H and O–H groups in total. The molecule has 0 radical (unpaired) electrons. The van der Waals surface area contributed by atoms with Crippen LogP contribution in [0.3, 0.4) is 0 Å². The summed E-state index contributed by atoms with van der Waals surface area (Å²) in [5.41, 5.74) is 1.67. The molecule has 1 fully saturated rings. The van der Waals surface area contributed by atoms with Crippen molar-refractivity contribution in [2.45, 2.75) is 13.2 Å². The average Bonchev–Trinajstić information content (AvgIpc) is 3.10. The van der Waals surface area contributed by atoms with E-state index in [4.69, 9.17) is 4.74 Å². The molecule has 4 rings (SSSR count). The Morgan fingerprint density at radius 1 is 1.00 bits per heavy atom. The maximum atomic E-state index is 13.0. The predicted octanol–water partition coefficient (Wildman–Crippen LogP) is 1.72. The van der Waals surface area contributed by atoms with Gasteiger partial charge in [-0.2, -0.15) is 4.31 Å². The van der Waals surface area contributed by atoms with Gasteiger partial charge in [0.1, 0.15) is 24.7 Å². The first kappa shape index (κ1) is 20.4. The molecular weight excluding hydrogens is 404 g/mol. The normalized spacial score (nSPS) is 15.4. The minimum Gasteiger partial charge on any atom is -0.486 e. The third-order valence-corrected chi connectivity index (χ3v) is 6.50. The lowest BCUT2D eigenvalue weighted by Crippen LogP contribution is -2.51. The lowest BCUT2D eigenvalue weighted by Gasteiger charge is -2.33. The van der Waals surface area contributed by atoms with Crippen LogP contribution in [-0.4, -0.2) is 65.5 Å². The fourth-order valence-corrected chi connectivity index (χ4v) is 4.41. The highest BCUT2D eigenvalue weighted by Gasteiger charge is 2.26. The van der Waals surface area contributed by atoms with Crippen LogP contribution in [-0.2, 0) is 28.0 Å².